The molecule has 19 heavy (non-hydrogen) atoms. The first-order valence-corrected chi connectivity index (χ1v) is 7.43. The maximum Gasteiger partial charge on any atom is 0.130 e. The number of nitrogens with zero attached hydrogens (tertiary/aromatic N) is 1. The lowest BCUT2D eigenvalue weighted by Gasteiger charge is -2.26. The summed E-state index contributed by atoms with van der Waals surface area (Å²) in [5.74, 6) is 0.545. The lowest BCUT2D eigenvalue weighted by atomic mass is 9.98. The van der Waals surface area contributed by atoms with Crippen LogP contribution in [0.15, 0.2) is 35.5 Å². The molecule has 1 aliphatic rings. The zero-order valence-electron chi connectivity index (χ0n) is 13.1. The molecule has 1 heterocycles. The summed E-state index contributed by atoms with van der Waals surface area (Å²) in [6, 6.07) is 0.291. The maximum absolute atomic E-state index is 10.4. The first-order valence-electron chi connectivity index (χ1n) is 7.43. The number of allylic oxidation sites excluding steroid dienone is 3. The van der Waals surface area contributed by atoms with Crippen molar-refractivity contribution < 1.29 is 5.11 Å². The van der Waals surface area contributed by atoms with Crippen LogP contribution in [0.5, 0.6) is 0 Å². The minimum Gasteiger partial charge on any atom is -0.374 e. The van der Waals surface area contributed by atoms with Crippen molar-refractivity contribution in [3.63, 3.8) is 0 Å². The quantitative estimate of drug-likeness (QED) is 0.735. The normalized spacial score (nSPS) is 24.8. The van der Waals surface area contributed by atoms with Crippen molar-refractivity contribution in [2.75, 3.05) is 6.54 Å². The summed E-state index contributed by atoms with van der Waals surface area (Å²) in [6.07, 6.45) is 10.4. The third-order valence-electron chi connectivity index (χ3n) is 3.90. The molecule has 0 aromatic carbocycles. The van der Waals surface area contributed by atoms with E-state index in [1.807, 2.05) is 0 Å². The average molecular weight is 263 g/mol. The van der Waals surface area contributed by atoms with Gasteiger partial charge in [-0.1, -0.05) is 43.7 Å². The second kappa shape index (κ2) is 7.66. The van der Waals surface area contributed by atoms with Crippen LogP contribution in [0.2, 0.25) is 0 Å². The van der Waals surface area contributed by atoms with Gasteiger partial charge in [0.05, 0.1) is 0 Å². The average Bonchev–Trinajstić information content (AvgIpc) is 2.64. The largest absolute Gasteiger partial charge is 0.374 e. The number of rotatable bonds is 6. The van der Waals surface area contributed by atoms with E-state index in [0.717, 1.165) is 25.0 Å². The van der Waals surface area contributed by atoms with Crippen molar-refractivity contribution >= 4 is 0 Å². The Bertz CT molecular complexity index is 367. The van der Waals surface area contributed by atoms with Crippen molar-refractivity contribution in [2.45, 2.75) is 59.7 Å². The Morgan fingerprint density at radius 1 is 1.37 bits per heavy atom. The highest BCUT2D eigenvalue weighted by molar-refractivity contribution is 5.25. The SMILES string of the molecule is C/C=C\C(C)CC1=C(C)C(O)N([C@H](C)/C=C\CC)C1. The van der Waals surface area contributed by atoms with Crippen LogP contribution in [0.3, 0.4) is 0 Å². The Morgan fingerprint density at radius 2 is 2.05 bits per heavy atom. The van der Waals surface area contributed by atoms with Crippen molar-refractivity contribution in [1.82, 2.24) is 4.90 Å². The third kappa shape index (κ3) is 4.32. The minimum atomic E-state index is -0.413. The van der Waals surface area contributed by atoms with Crippen LogP contribution in [-0.2, 0) is 0 Å². The predicted molar refractivity (Wildman–Crippen MR) is 82.9 cm³/mol. The molecule has 1 aliphatic heterocycles. The van der Waals surface area contributed by atoms with Gasteiger partial charge in [0.25, 0.3) is 0 Å². The van der Waals surface area contributed by atoms with Gasteiger partial charge < -0.3 is 5.11 Å². The first-order chi connectivity index (χ1) is 9.01. The van der Waals surface area contributed by atoms with E-state index >= 15 is 0 Å². The van der Waals surface area contributed by atoms with Crippen molar-refractivity contribution in [2.24, 2.45) is 5.92 Å². The molecule has 0 aliphatic carbocycles. The molecular weight excluding hydrogens is 234 g/mol. The number of hydrogen-bond acceptors (Lipinski definition) is 2. The van der Waals surface area contributed by atoms with Crippen LogP contribution < -0.4 is 0 Å². The van der Waals surface area contributed by atoms with Gasteiger partial charge >= 0.3 is 0 Å². The van der Waals surface area contributed by atoms with E-state index in [0.29, 0.717) is 12.0 Å². The minimum absolute atomic E-state index is 0.291. The van der Waals surface area contributed by atoms with Gasteiger partial charge in [-0.3, -0.25) is 4.90 Å². The molecule has 0 radical (unpaired) electrons. The molecule has 2 unspecified atom stereocenters. The molecule has 108 valence electrons. The van der Waals surface area contributed by atoms with Crippen molar-refractivity contribution in [1.29, 1.82) is 0 Å². The second-order valence-corrected chi connectivity index (χ2v) is 5.62. The van der Waals surface area contributed by atoms with Gasteiger partial charge in [0.15, 0.2) is 0 Å². The van der Waals surface area contributed by atoms with Crippen molar-refractivity contribution in [3.05, 3.63) is 35.5 Å². The summed E-state index contributed by atoms with van der Waals surface area (Å²) in [7, 11) is 0. The molecule has 0 spiro atoms. The van der Waals surface area contributed by atoms with E-state index in [1.54, 1.807) is 0 Å². The molecule has 3 atom stereocenters. The van der Waals surface area contributed by atoms with Crippen LogP contribution in [0.4, 0.5) is 0 Å². The molecule has 0 saturated carbocycles. The molecule has 2 nitrogen and oxygen atoms in total. The molecule has 0 aromatic rings. The summed E-state index contributed by atoms with van der Waals surface area (Å²) in [5, 5.41) is 10.4. The fourth-order valence-corrected chi connectivity index (χ4v) is 2.68. The van der Waals surface area contributed by atoms with Gasteiger partial charge in [-0.2, -0.15) is 0 Å². The highest BCUT2D eigenvalue weighted by Gasteiger charge is 2.30. The van der Waals surface area contributed by atoms with E-state index in [1.165, 1.54) is 5.57 Å². The van der Waals surface area contributed by atoms with E-state index < -0.39 is 6.23 Å². The molecule has 0 fully saturated rings. The second-order valence-electron chi connectivity index (χ2n) is 5.62. The molecule has 1 N–H and O–H groups in total. The molecular formula is C17H29NO. The van der Waals surface area contributed by atoms with E-state index in [9.17, 15) is 5.11 Å². The summed E-state index contributed by atoms with van der Waals surface area (Å²) >= 11 is 0. The Morgan fingerprint density at radius 3 is 2.63 bits per heavy atom. The fraction of sp³-hybridized carbons (Fsp3) is 0.647. The van der Waals surface area contributed by atoms with Crippen LogP contribution in [0.25, 0.3) is 0 Å². The summed E-state index contributed by atoms with van der Waals surface area (Å²) in [6.45, 7) is 11.5. The maximum atomic E-state index is 10.4. The lowest BCUT2D eigenvalue weighted by Crippen LogP contribution is -2.37. The topological polar surface area (TPSA) is 23.5 Å². The Kier molecular flexibility index (Phi) is 6.53. The number of aliphatic hydroxyl groups excluding tert-OH is 1. The lowest BCUT2D eigenvalue weighted by molar-refractivity contribution is 0.0403. The highest BCUT2D eigenvalue weighted by Crippen LogP contribution is 2.29. The first kappa shape index (κ1) is 16.2. The predicted octanol–water partition coefficient (Wildman–Crippen LogP) is 3.89. The fourth-order valence-electron chi connectivity index (χ4n) is 2.68. The van der Waals surface area contributed by atoms with E-state index in [-0.39, 0.29) is 0 Å². The van der Waals surface area contributed by atoms with Crippen LogP contribution in [0, 0.1) is 5.92 Å². The zero-order valence-corrected chi connectivity index (χ0v) is 13.1. The third-order valence-corrected chi connectivity index (χ3v) is 3.90. The molecule has 0 aromatic heterocycles. The van der Waals surface area contributed by atoms with Gasteiger partial charge in [-0.05, 0) is 45.1 Å². The van der Waals surface area contributed by atoms with Gasteiger partial charge in [-0.15, -0.1) is 0 Å². The smallest absolute Gasteiger partial charge is 0.130 e. The zero-order chi connectivity index (χ0) is 14.4. The monoisotopic (exact) mass is 263 g/mol. The van der Waals surface area contributed by atoms with Gasteiger partial charge in [0.2, 0.25) is 0 Å². The van der Waals surface area contributed by atoms with Gasteiger partial charge in [-0.25, -0.2) is 0 Å². The van der Waals surface area contributed by atoms with Crippen LogP contribution in [0.1, 0.15) is 47.5 Å². The molecule has 0 saturated heterocycles. The van der Waals surface area contributed by atoms with Gasteiger partial charge in [0.1, 0.15) is 6.23 Å². The Labute approximate surface area is 118 Å². The Balaban J connectivity index is 2.69. The van der Waals surface area contributed by atoms with Crippen LogP contribution >= 0.6 is 0 Å². The van der Waals surface area contributed by atoms with Crippen LogP contribution in [-0.4, -0.2) is 28.8 Å². The van der Waals surface area contributed by atoms with Crippen molar-refractivity contribution in [3.8, 4) is 0 Å². The highest BCUT2D eigenvalue weighted by atomic mass is 16.3. The standard InChI is InChI=1S/C17H29NO/c1-6-8-10-14(4)18-12-16(15(5)17(18)19)11-13(3)9-7-2/h7-10,13-14,17,19H,6,11-12H2,1-5H3/b9-7-,10-8-/t13?,14-,17?/m1/s1. The molecule has 1 rings (SSSR count). The molecule has 0 bridgehead atoms. The summed E-state index contributed by atoms with van der Waals surface area (Å²) in [5.41, 5.74) is 2.54. The summed E-state index contributed by atoms with van der Waals surface area (Å²) in [4.78, 5) is 2.17. The summed E-state index contributed by atoms with van der Waals surface area (Å²) < 4.78 is 0. The molecule has 2 heteroatoms. The van der Waals surface area contributed by atoms with E-state index in [2.05, 4.69) is 63.8 Å². The number of aliphatic hydroxyl groups is 1. The number of hydrogen-bond donors (Lipinski definition) is 1. The van der Waals surface area contributed by atoms with Gasteiger partial charge in [0, 0.05) is 12.6 Å². The Hall–Kier alpha value is -0.860. The molecule has 0 amide bonds. The van der Waals surface area contributed by atoms with E-state index in [4.69, 9.17) is 0 Å².